The van der Waals surface area contributed by atoms with Crippen LogP contribution in [0, 0.1) is 0 Å². The molecule has 0 saturated carbocycles. The molecule has 1 aromatic carbocycles. The van der Waals surface area contributed by atoms with Crippen LogP contribution < -0.4 is 0 Å². The lowest BCUT2D eigenvalue weighted by Crippen LogP contribution is -2.41. The molecule has 3 heterocycles. The first-order valence-corrected chi connectivity index (χ1v) is 9.23. The average molecular weight is 390 g/mol. The molecule has 2 fully saturated rings. The van der Waals surface area contributed by atoms with Gasteiger partial charge in [-0.2, -0.15) is 10.1 Å². The van der Waals surface area contributed by atoms with Crippen molar-refractivity contribution in [3.05, 3.63) is 47.2 Å². The van der Waals surface area contributed by atoms with Gasteiger partial charge in [-0.05, 0) is 36.4 Å². The molecule has 1 amide bonds. The summed E-state index contributed by atoms with van der Waals surface area (Å²) < 4.78 is 16.5. The minimum absolute atomic E-state index is 0.186. The van der Waals surface area contributed by atoms with Gasteiger partial charge in [0.25, 0.3) is 0 Å². The van der Waals surface area contributed by atoms with Crippen molar-refractivity contribution < 1.29 is 18.7 Å². The summed E-state index contributed by atoms with van der Waals surface area (Å²) in [7, 11) is 0. The summed E-state index contributed by atoms with van der Waals surface area (Å²) in [4.78, 5) is 14.2. The summed E-state index contributed by atoms with van der Waals surface area (Å²) in [5, 5.41) is 6.22. The van der Waals surface area contributed by atoms with Gasteiger partial charge < -0.3 is 13.9 Å². The molecule has 7 nitrogen and oxygen atoms in total. The summed E-state index contributed by atoms with van der Waals surface area (Å²) in [6, 6.07) is 11.0. The first-order valence-electron chi connectivity index (χ1n) is 8.85. The number of carbonyl (C=O) groups excluding carboxylic acids is 1. The van der Waals surface area contributed by atoms with E-state index < -0.39 is 6.09 Å². The molecule has 0 N–H and O–H groups in total. The van der Waals surface area contributed by atoms with E-state index in [1.54, 1.807) is 6.07 Å². The maximum Gasteiger partial charge on any atom is 0.430 e. The second kappa shape index (κ2) is 8.12. The van der Waals surface area contributed by atoms with Crippen LogP contribution in [0.5, 0.6) is 0 Å². The Morgan fingerprint density at radius 3 is 2.70 bits per heavy atom. The van der Waals surface area contributed by atoms with Crippen molar-refractivity contribution in [1.29, 1.82) is 0 Å². The maximum absolute atomic E-state index is 12.0. The van der Waals surface area contributed by atoms with Gasteiger partial charge >= 0.3 is 6.09 Å². The topological polar surface area (TPSA) is 67.5 Å². The van der Waals surface area contributed by atoms with Gasteiger partial charge in [0, 0.05) is 30.2 Å². The monoisotopic (exact) mass is 389 g/mol. The Morgan fingerprint density at radius 2 is 1.93 bits per heavy atom. The van der Waals surface area contributed by atoms with E-state index in [1.807, 2.05) is 30.3 Å². The number of ether oxygens (including phenoxy) is 2. The van der Waals surface area contributed by atoms with Gasteiger partial charge in [0.05, 0.1) is 26.0 Å². The van der Waals surface area contributed by atoms with Gasteiger partial charge in [-0.15, -0.1) is 0 Å². The number of amides is 1. The summed E-state index contributed by atoms with van der Waals surface area (Å²) in [5.74, 6) is 1.27. The number of benzene rings is 1. The highest BCUT2D eigenvalue weighted by molar-refractivity contribution is 6.30. The highest BCUT2D eigenvalue weighted by Crippen LogP contribution is 2.23. The molecule has 1 aromatic heterocycles. The predicted molar refractivity (Wildman–Crippen MR) is 101 cm³/mol. The molecular formula is C19H20ClN3O4. The fraction of sp³-hybridized carbons (Fsp3) is 0.368. The lowest BCUT2D eigenvalue weighted by Gasteiger charge is -2.27. The van der Waals surface area contributed by atoms with Crippen LogP contribution in [-0.2, 0) is 9.47 Å². The average Bonchev–Trinajstić information content (AvgIpc) is 3.28. The van der Waals surface area contributed by atoms with Crippen LogP contribution in [0.1, 0.15) is 5.76 Å². The number of hydrogen-bond acceptors (Lipinski definition) is 6. The molecule has 142 valence electrons. The van der Waals surface area contributed by atoms with Gasteiger partial charge in [-0.1, -0.05) is 11.6 Å². The quantitative estimate of drug-likeness (QED) is 0.735. The van der Waals surface area contributed by atoms with E-state index in [4.69, 9.17) is 25.5 Å². The highest BCUT2D eigenvalue weighted by Gasteiger charge is 2.32. The fourth-order valence-corrected chi connectivity index (χ4v) is 3.21. The summed E-state index contributed by atoms with van der Waals surface area (Å²) in [6.45, 7) is 4.28. The number of nitrogens with zero attached hydrogens (tertiary/aromatic N) is 3. The van der Waals surface area contributed by atoms with Gasteiger partial charge in [-0.3, -0.25) is 4.90 Å². The molecule has 27 heavy (non-hydrogen) atoms. The Hall–Kier alpha value is -2.35. The first-order chi connectivity index (χ1) is 13.2. The number of carbonyl (C=O) groups is 1. The van der Waals surface area contributed by atoms with Crippen molar-refractivity contribution in [1.82, 2.24) is 9.91 Å². The van der Waals surface area contributed by atoms with Gasteiger partial charge in [-0.25, -0.2) is 4.79 Å². The smallest absolute Gasteiger partial charge is 0.430 e. The van der Waals surface area contributed by atoms with E-state index >= 15 is 0 Å². The maximum atomic E-state index is 12.0. The molecular weight excluding hydrogens is 370 g/mol. The third-order valence-electron chi connectivity index (χ3n) is 4.50. The number of rotatable bonds is 5. The van der Waals surface area contributed by atoms with E-state index in [-0.39, 0.29) is 6.10 Å². The Kier molecular flexibility index (Phi) is 5.42. The van der Waals surface area contributed by atoms with E-state index in [1.165, 1.54) is 11.2 Å². The molecule has 0 radical (unpaired) electrons. The normalized spacial score (nSPS) is 21.1. The van der Waals surface area contributed by atoms with Crippen molar-refractivity contribution in [2.45, 2.75) is 6.10 Å². The van der Waals surface area contributed by atoms with Crippen LogP contribution in [0.25, 0.3) is 11.3 Å². The molecule has 0 aliphatic carbocycles. The Bertz CT molecular complexity index is 815. The lowest BCUT2D eigenvalue weighted by molar-refractivity contribution is 0.0188. The first kappa shape index (κ1) is 18.0. The SMILES string of the molecule is O=C1OC(CN2CCOCC2)CN1/N=C/c1ccc(-c2ccc(Cl)cc2)o1. The number of hydrazone groups is 1. The molecule has 2 aliphatic rings. The summed E-state index contributed by atoms with van der Waals surface area (Å²) in [6.07, 6.45) is 0.903. The molecule has 0 bridgehead atoms. The molecule has 2 saturated heterocycles. The number of morpholine rings is 1. The lowest BCUT2D eigenvalue weighted by atomic mass is 10.2. The number of halogens is 1. The third kappa shape index (κ3) is 4.50. The van der Waals surface area contributed by atoms with E-state index in [2.05, 4.69) is 10.0 Å². The van der Waals surface area contributed by atoms with Crippen LogP contribution in [0.3, 0.4) is 0 Å². The molecule has 1 unspecified atom stereocenters. The van der Waals surface area contributed by atoms with Crippen LogP contribution >= 0.6 is 11.6 Å². The van der Waals surface area contributed by atoms with E-state index in [9.17, 15) is 4.79 Å². The van der Waals surface area contributed by atoms with Gasteiger partial charge in [0.15, 0.2) is 0 Å². The summed E-state index contributed by atoms with van der Waals surface area (Å²) >= 11 is 5.90. The van der Waals surface area contributed by atoms with Gasteiger partial charge in [0.1, 0.15) is 17.6 Å². The summed E-state index contributed by atoms with van der Waals surface area (Å²) in [5.41, 5.74) is 0.921. The zero-order chi connectivity index (χ0) is 18.6. The van der Waals surface area contributed by atoms with Crippen molar-refractivity contribution in [2.75, 3.05) is 39.4 Å². The van der Waals surface area contributed by atoms with Crippen LogP contribution in [-0.4, -0.2) is 67.7 Å². The second-order valence-electron chi connectivity index (χ2n) is 6.45. The predicted octanol–water partition coefficient (Wildman–Crippen LogP) is 3.09. The zero-order valence-electron chi connectivity index (χ0n) is 14.7. The zero-order valence-corrected chi connectivity index (χ0v) is 15.5. The van der Waals surface area contributed by atoms with Crippen LogP contribution in [0.2, 0.25) is 5.02 Å². The highest BCUT2D eigenvalue weighted by atomic mass is 35.5. The third-order valence-corrected chi connectivity index (χ3v) is 4.75. The number of furan rings is 1. The van der Waals surface area contributed by atoms with Crippen molar-refractivity contribution in [2.24, 2.45) is 5.10 Å². The van der Waals surface area contributed by atoms with E-state index in [0.29, 0.717) is 29.6 Å². The molecule has 2 aromatic rings. The standard InChI is InChI=1S/C19H20ClN3O4/c20-15-3-1-14(2-4-15)18-6-5-16(26-18)11-21-23-13-17(27-19(23)24)12-22-7-9-25-10-8-22/h1-6,11,17H,7-10,12-13H2/b21-11+. The molecule has 0 spiro atoms. The Balaban J connectivity index is 1.35. The van der Waals surface area contributed by atoms with Crippen molar-refractivity contribution in [3.8, 4) is 11.3 Å². The van der Waals surface area contributed by atoms with E-state index in [0.717, 1.165) is 31.9 Å². The van der Waals surface area contributed by atoms with Crippen LogP contribution in [0.15, 0.2) is 45.9 Å². The minimum atomic E-state index is -0.436. The Labute approximate surface area is 162 Å². The van der Waals surface area contributed by atoms with Crippen LogP contribution in [0.4, 0.5) is 4.79 Å². The molecule has 4 rings (SSSR count). The Morgan fingerprint density at radius 1 is 1.15 bits per heavy atom. The fourth-order valence-electron chi connectivity index (χ4n) is 3.09. The number of hydrogen-bond donors (Lipinski definition) is 0. The molecule has 2 aliphatic heterocycles. The number of cyclic esters (lactones) is 1. The second-order valence-corrected chi connectivity index (χ2v) is 6.89. The molecule has 1 atom stereocenters. The molecule has 8 heteroatoms. The van der Waals surface area contributed by atoms with Crippen molar-refractivity contribution in [3.63, 3.8) is 0 Å². The van der Waals surface area contributed by atoms with Gasteiger partial charge in [0.2, 0.25) is 0 Å². The largest absolute Gasteiger partial charge is 0.455 e. The van der Waals surface area contributed by atoms with Crippen molar-refractivity contribution >= 4 is 23.9 Å². The minimum Gasteiger partial charge on any atom is -0.455 e.